The van der Waals surface area contributed by atoms with Crippen LogP contribution in [0.1, 0.15) is 5.56 Å². The number of halogens is 1. The van der Waals surface area contributed by atoms with E-state index < -0.39 is 0 Å². The maximum atomic E-state index is 13.1. The molecule has 76 valence electrons. The molecule has 0 fully saturated rings. The molecule has 2 aromatic rings. The van der Waals surface area contributed by atoms with E-state index in [4.69, 9.17) is 5.73 Å². The summed E-state index contributed by atoms with van der Waals surface area (Å²) in [7, 11) is 0. The van der Waals surface area contributed by atoms with Gasteiger partial charge in [0.25, 0.3) is 0 Å². The summed E-state index contributed by atoms with van der Waals surface area (Å²) in [6.45, 7) is 1.76. The van der Waals surface area contributed by atoms with Crippen LogP contribution >= 0.6 is 0 Å². The third-order valence-corrected chi connectivity index (χ3v) is 2.38. The first-order valence-electron chi connectivity index (χ1n) is 4.79. The molecule has 15 heavy (non-hydrogen) atoms. The zero-order valence-corrected chi connectivity index (χ0v) is 8.50. The van der Waals surface area contributed by atoms with Crippen LogP contribution in [-0.2, 0) is 0 Å². The predicted molar refractivity (Wildman–Crippen MR) is 61.0 cm³/mol. The van der Waals surface area contributed by atoms with E-state index >= 15 is 0 Å². The smallest absolute Gasteiger partial charge is 0.126 e. The van der Waals surface area contributed by atoms with Crippen molar-refractivity contribution >= 4 is 5.69 Å². The Labute approximate surface area is 88.4 Å². The van der Waals surface area contributed by atoms with Gasteiger partial charge in [-0.2, -0.15) is 0 Å². The van der Waals surface area contributed by atoms with Gasteiger partial charge in [-0.3, -0.25) is 0 Å². The van der Waals surface area contributed by atoms with E-state index in [1.807, 2.05) is 30.3 Å². The van der Waals surface area contributed by atoms with E-state index in [9.17, 15) is 4.39 Å². The molecule has 0 aliphatic heterocycles. The molecule has 2 heteroatoms. The molecule has 0 radical (unpaired) electrons. The van der Waals surface area contributed by atoms with E-state index in [1.165, 1.54) is 6.07 Å². The van der Waals surface area contributed by atoms with Gasteiger partial charge < -0.3 is 5.73 Å². The molecule has 2 rings (SSSR count). The maximum absolute atomic E-state index is 13.1. The van der Waals surface area contributed by atoms with Gasteiger partial charge in [-0.1, -0.05) is 18.2 Å². The average molecular weight is 201 g/mol. The molecule has 2 N–H and O–H groups in total. The van der Waals surface area contributed by atoms with Crippen molar-refractivity contribution in [3.8, 4) is 11.1 Å². The molecule has 0 spiro atoms. The summed E-state index contributed by atoms with van der Waals surface area (Å²) in [4.78, 5) is 0. The van der Waals surface area contributed by atoms with Gasteiger partial charge in [0.1, 0.15) is 5.82 Å². The summed E-state index contributed by atoms with van der Waals surface area (Å²) in [5, 5.41) is 0. The highest BCUT2D eigenvalue weighted by Gasteiger charge is 2.01. The highest BCUT2D eigenvalue weighted by molar-refractivity contribution is 5.67. The molecule has 0 atom stereocenters. The molecule has 0 heterocycles. The maximum Gasteiger partial charge on any atom is 0.126 e. The van der Waals surface area contributed by atoms with Crippen molar-refractivity contribution in [2.75, 3.05) is 5.73 Å². The minimum atomic E-state index is -0.178. The standard InChI is InChI=1S/C13H12FN/c1-9-7-11(5-6-13(9)14)10-3-2-4-12(15)8-10/h2-8H,15H2,1H3. The van der Waals surface area contributed by atoms with Gasteiger partial charge in [0.2, 0.25) is 0 Å². The van der Waals surface area contributed by atoms with Gasteiger partial charge in [-0.05, 0) is 47.9 Å². The summed E-state index contributed by atoms with van der Waals surface area (Å²) < 4.78 is 13.1. The number of aryl methyl sites for hydroxylation is 1. The monoisotopic (exact) mass is 201 g/mol. The first kappa shape index (κ1) is 9.71. The number of hydrogen-bond acceptors (Lipinski definition) is 1. The fourth-order valence-corrected chi connectivity index (χ4v) is 1.54. The Hall–Kier alpha value is -1.83. The second-order valence-corrected chi connectivity index (χ2v) is 3.59. The zero-order chi connectivity index (χ0) is 10.8. The van der Waals surface area contributed by atoms with Crippen LogP contribution in [0.3, 0.4) is 0 Å². The number of anilines is 1. The summed E-state index contributed by atoms with van der Waals surface area (Å²) in [6, 6.07) is 12.6. The molecule has 0 aliphatic rings. The van der Waals surface area contributed by atoms with Gasteiger partial charge in [-0.15, -0.1) is 0 Å². The predicted octanol–water partition coefficient (Wildman–Crippen LogP) is 3.38. The van der Waals surface area contributed by atoms with Crippen LogP contribution in [0.25, 0.3) is 11.1 Å². The molecule has 0 aromatic heterocycles. The summed E-state index contributed by atoms with van der Waals surface area (Å²) in [5.74, 6) is -0.178. The molecular formula is C13H12FN. The Bertz CT molecular complexity index is 492. The summed E-state index contributed by atoms with van der Waals surface area (Å²) in [6.07, 6.45) is 0. The number of benzene rings is 2. The molecule has 0 unspecified atom stereocenters. The van der Waals surface area contributed by atoms with Crippen LogP contribution in [0, 0.1) is 12.7 Å². The van der Waals surface area contributed by atoms with Crippen molar-refractivity contribution in [2.24, 2.45) is 0 Å². The summed E-state index contributed by atoms with van der Waals surface area (Å²) >= 11 is 0. The van der Waals surface area contributed by atoms with Crippen molar-refractivity contribution < 1.29 is 4.39 Å². The fraction of sp³-hybridized carbons (Fsp3) is 0.0769. The van der Waals surface area contributed by atoms with Crippen LogP contribution in [-0.4, -0.2) is 0 Å². The lowest BCUT2D eigenvalue weighted by atomic mass is 10.0. The molecule has 2 aromatic carbocycles. The Morgan fingerprint density at radius 3 is 2.40 bits per heavy atom. The number of nitrogen functional groups attached to an aromatic ring is 1. The normalized spacial score (nSPS) is 10.3. The molecular weight excluding hydrogens is 189 g/mol. The molecule has 0 amide bonds. The van der Waals surface area contributed by atoms with E-state index in [0.29, 0.717) is 5.56 Å². The lowest BCUT2D eigenvalue weighted by molar-refractivity contribution is 0.619. The van der Waals surface area contributed by atoms with Crippen LogP contribution in [0.4, 0.5) is 10.1 Å². The minimum absolute atomic E-state index is 0.178. The van der Waals surface area contributed by atoms with Gasteiger partial charge >= 0.3 is 0 Å². The van der Waals surface area contributed by atoms with Gasteiger partial charge in [0.05, 0.1) is 0 Å². The van der Waals surface area contributed by atoms with Crippen molar-refractivity contribution in [1.82, 2.24) is 0 Å². The zero-order valence-electron chi connectivity index (χ0n) is 8.50. The number of rotatable bonds is 1. The number of hydrogen-bond donors (Lipinski definition) is 1. The average Bonchev–Trinajstić information content (AvgIpc) is 2.22. The van der Waals surface area contributed by atoms with Crippen molar-refractivity contribution in [2.45, 2.75) is 6.92 Å². The highest BCUT2D eigenvalue weighted by Crippen LogP contribution is 2.23. The second-order valence-electron chi connectivity index (χ2n) is 3.59. The largest absolute Gasteiger partial charge is 0.399 e. The third kappa shape index (κ3) is 1.99. The highest BCUT2D eigenvalue weighted by atomic mass is 19.1. The van der Waals surface area contributed by atoms with Crippen molar-refractivity contribution in [3.63, 3.8) is 0 Å². The Morgan fingerprint density at radius 2 is 1.73 bits per heavy atom. The summed E-state index contributed by atoms with van der Waals surface area (Å²) in [5.41, 5.74) is 9.05. The van der Waals surface area contributed by atoms with Gasteiger partial charge in [-0.25, -0.2) is 4.39 Å². The topological polar surface area (TPSA) is 26.0 Å². The second kappa shape index (κ2) is 3.73. The first-order valence-corrected chi connectivity index (χ1v) is 4.79. The Balaban J connectivity index is 2.50. The van der Waals surface area contributed by atoms with Crippen LogP contribution in [0.15, 0.2) is 42.5 Å². The lowest BCUT2D eigenvalue weighted by Gasteiger charge is -2.04. The van der Waals surface area contributed by atoms with Crippen LogP contribution < -0.4 is 5.73 Å². The number of nitrogens with two attached hydrogens (primary N) is 1. The van der Waals surface area contributed by atoms with E-state index in [2.05, 4.69) is 0 Å². The van der Waals surface area contributed by atoms with Crippen LogP contribution in [0.5, 0.6) is 0 Å². The first-order chi connectivity index (χ1) is 7.16. The van der Waals surface area contributed by atoms with E-state index in [1.54, 1.807) is 13.0 Å². The molecule has 0 saturated heterocycles. The molecule has 0 saturated carbocycles. The Morgan fingerprint density at radius 1 is 1.00 bits per heavy atom. The molecule has 0 aliphatic carbocycles. The lowest BCUT2D eigenvalue weighted by Crippen LogP contribution is -1.87. The SMILES string of the molecule is Cc1cc(-c2cccc(N)c2)ccc1F. The van der Waals surface area contributed by atoms with Crippen molar-refractivity contribution in [1.29, 1.82) is 0 Å². The third-order valence-electron chi connectivity index (χ3n) is 2.38. The van der Waals surface area contributed by atoms with Gasteiger partial charge in [0, 0.05) is 5.69 Å². The van der Waals surface area contributed by atoms with E-state index in [-0.39, 0.29) is 5.82 Å². The van der Waals surface area contributed by atoms with Crippen LogP contribution in [0.2, 0.25) is 0 Å². The minimum Gasteiger partial charge on any atom is -0.399 e. The van der Waals surface area contributed by atoms with Crippen molar-refractivity contribution in [3.05, 3.63) is 53.8 Å². The quantitative estimate of drug-likeness (QED) is 0.703. The molecule has 0 bridgehead atoms. The van der Waals surface area contributed by atoms with Gasteiger partial charge in [0.15, 0.2) is 0 Å². The fourth-order valence-electron chi connectivity index (χ4n) is 1.54. The molecule has 1 nitrogen and oxygen atoms in total. The Kier molecular flexibility index (Phi) is 2.42. The van der Waals surface area contributed by atoms with E-state index in [0.717, 1.165) is 16.8 Å².